The van der Waals surface area contributed by atoms with Crippen molar-refractivity contribution in [2.24, 2.45) is 16.7 Å². The summed E-state index contributed by atoms with van der Waals surface area (Å²) in [6.07, 6.45) is 1.79. The van der Waals surface area contributed by atoms with Crippen LogP contribution in [0.25, 0.3) is 5.57 Å². The standard InChI is InChI=1S/C26H33N3O2S/c1-16(2)18-9-7-8-10-19(18)27-22(30)20-15-32-23(28-20)17-11-13-29(14-12-17)24(31)21-25(3,4)26(21,5)6/h7-10,15,17,21H,1,11-14H2,2-6H3,(H,27,30). The van der Waals surface area contributed by atoms with E-state index in [1.165, 1.54) is 0 Å². The number of amides is 2. The maximum atomic E-state index is 13.0. The van der Waals surface area contributed by atoms with E-state index in [-0.39, 0.29) is 22.7 Å². The van der Waals surface area contributed by atoms with Gasteiger partial charge in [-0.1, -0.05) is 52.5 Å². The Kier molecular flexibility index (Phi) is 5.78. The number of hydrogen-bond donors (Lipinski definition) is 1. The lowest BCUT2D eigenvalue weighted by Gasteiger charge is -2.31. The molecule has 32 heavy (non-hydrogen) atoms. The number of rotatable bonds is 5. The van der Waals surface area contributed by atoms with Gasteiger partial charge < -0.3 is 10.2 Å². The van der Waals surface area contributed by atoms with Gasteiger partial charge in [0.2, 0.25) is 5.91 Å². The van der Waals surface area contributed by atoms with Crippen LogP contribution in [0, 0.1) is 16.7 Å². The largest absolute Gasteiger partial charge is 0.342 e. The minimum Gasteiger partial charge on any atom is -0.342 e. The van der Waals surface area contributed by atoms with Crippen molar-refractivity contribution in [1.29, 1.82) is 0 Å². The van der Waals surface area contributed by atoms with E-state index in [1.54, 1.807) is 11.3 Å². The monoisotopic (exact) mass is 451 g/mol. The van der Waals surface area contributed by atoms with Gasteiger partial charge in [0.15, 0.2) is 0 Å². The van der Waals surface area contributed by atoms with E-state index in [0.29, 0.717) is 17.5 Å². The Morgan fingerprint density at radius 3 is 2.34 bits per heavy atom. The van der Waals surface area contributed by atoms with E-state index >= 15 is 0 Å². The van der Waals surface area contributed by atoms with E-state index in [1.807, 2.05) is 41.5 Å². The molecule has 1 aromatic carbocycles. The molecular weight excluding hydrogens is 418 g/mol. The van der Waals surface area contributed by atoms with Crippen LogP contribution >= 0.6 is 11.3 Å². The summed E-state index contributed by atoms with van der Waals surface area (Å²) in [5.41, 5.74) is 3.16. The van der Waals surface area contributed by atoms with E-state index in [9.17, 15) is 9.59 Å². The van der Waals surface area contributed by atoms with Crippen molar-refractivity contribution in [2.45, 2.75) is 53.4 Å². The lowest BCUT2D eigenvalue weighted by atomic mass is 9.96. The molecule has 4 rings (SSSR count). The number of carbonyl (C=O) groups is 2. The molecule has 0 radical (unpaired) electrons. The van der Waals surface area contributed by atoms with E-state index in [0.717, 1.165) is 47.8 Å². The normalized spacial score (nSPS) is 20.1. The molecule has 1 aliphatic heterocycles. The minimum absolute atomic E-state index is 0.0707. The second kappa shape index (κ2) is 8.14. The summed E-state index contributed by atoms with van der Waals surface area (Å²) in [6.45, 7) is 16.2. The summed E-state index contributed by atoms with van der Waals surface area (Å²) in [6, 6.07) is 7.66. The third-order valence-electron chi connectivity index (χ3n) is 7.81. The highest BCUT2D eigenvalue weighted by Gasteiger charge is 2.68. The van der Waals surface area contributed by atoms with Crippen molar-refractivity contribution in [3.63, 3.8) is 0 Å². The van der Waals surface area contributed by atoms with Gasteiger partial charge in [0, 0.05) is 41.6 Å². The number of hydrogen-bond acceptors (Lipinski definition) is 4. The van der Waals surface area contributed by atoms with Crippen LogP contribution in [0.15, 0.2) is 36.2 Å². The minimum atomic E-state index is -0.202. The Bertz CT molecular complexity index is 1050. The molecule has 1 aromatic heterocycles. The van der Waals surface area contributed by atoms with Gasteiger partial charge in [0.1, 0.15) is 5.69 Å². The summed E-state index contributed by atoms with van der Waals surface area (Å²) in [5, 5.41) is 5.80. The topological polar surface area (TPSA) is 62.3 Å². The summed E-state index contributed by atoms with van der Waals surface area (Å²) in [5.74, 6) is 0.512. The number of aromatic nitrogens is 1. The summed E-state index contributed by atoms with van der Waals surface area (Å²) in [7, 11) is 0. The molecule has 1 saturated heterocycles. The lowest BCUT2D eigenvalue weighted by molar-refractivity contribution is -0.134. The number of nitrogens with zero attached hydrogens (tertiary/aromatic N) is 2. The number of piperidine rings is 1. The molecule has 1 N–H and O–H groups in total. The van der Waals surface area contributed by atoms with Crippen LogP contribution in [0.3, 0.4) is 0 Å². The third kappa shape index (κ3) is 3.90. The summed E-state index contributed by atoms with van der Waals surface area (Å²) in [4.78, 5) is 32.5. The van der Waals surface area contributed by atoms with Crippen LogP contribution in [0.4, 0.5) is 5.69 Å². The van der Waals surface area contributed by atoms with Crippen molar-refractivity contribution >= 4 is 34.4 Å². The molecule has 6 heteroatoms. The number of benzene rings is 1. The van der Waals surface area contributed by atoms with Crippen LogP contribution in [-0.2, 0) is 4.79 Å². The van der Waals surface area contributed by atoms with Gasteiger partial charge in [0.25, 0.3) is 5.91 Å². The number of carbonyl (C=O) groups excluding carboxylic acids is 2. The number of nitrogens with one attached hydrogen (secondary N) is 1. The fraction of sp³-hybridized carbons (Fsp3) is 0.500. The zero-order valence-electron chi connectivity index (χ0n) is 19.7. The molecule has 0 unspecified atom stereocenters. The average Bonchev–Trinajstić information content (AvgIpc) is 3.08. The first-order valence-electron chi connectivity index (χ1n) is 11.3. The molecule has 2 amide bonds. The van der Waals surface area contributed by atoms with Crippen LogP contribution in [0.2, 0.25) is 0 Å². The summed E-state index contributed by atoms with van der Waals surface area (Å²) < 4.78 is 0. The number of likely N-dealkylation sites (tertiary alicyclic amines) is 1. The number of para-hydroxylation sites is 1. The highest BCUT2D eigenvalue weighted by molar-refractivity contribution is 7.10. The maximum Gasteiger partial charge on any atom is 0.275 e. The molecule has 1 saturated carbocycles. The fourth-order valence-electron chi connectivity index (χ4n) is 5.07. The van der Waals surface area contributed by atoms with Gasteiger partial charge in [-0.05, 0) is 42.2 Å². The van der Waals surface area contributed by atoms with Crippen molar-refractivity contribution in [3.05, 3.63) is 52.5 Å². The molecule has 2 aliphatic rings. The molecular formula is C26H33N3O2S. The third-order valence-corrected chi connectivity index (χ3v) is 8.82. The predicted molar refractivity (Wildman–Crippen MR) is 131 cm³/mol. The number of anilines is 1. The van der Waals surface area contributed by atoms with Crippen molar-refractivity contribution in [3.8, 4) is 0 Å². The SMILES string of the molecule is C=C(C)c1ccccc1NC(=O)c1csc(C2CCN(C(=O)C3C(C)(C)C3(C)C)CC2)n1. The van der Waals surface area contributed by atoms with Crippen molar-refractivity contribution in [2.75, 3.05) is 18.4 Å². The molecule has 0 spiro atoms. The first-order valence-corrected chi connectivity index (χ1v) is 12.2. The Morgan fingerprint density at radius 2 is 1.75 bits per heavy atom. The summed E-state index contributed by atoms with van der Waals surface area (Å²) >= 11 is 1.54. The first kappa shape index (κ1) is 22.7. The first-order chi connectivity index (χ1) is 15.0. The van der Waals surface area contributed by atoms with E-state index < -0.39 is 0 Å². The van der Waals surface area contributed by atoms with Gasteiger partial charge in [-0.3, -0.25) is 9.59 Å². The Balaban J connectivity index is 1.37. The maximum absolute atomic E-state index is 13.0. The highest BCUT2D eigenvalue weighted by atomic mass is 32.1. The second-order valence-corrected chi connectivity index (χ2v) is 11.2. The molecule has 2 aromatic rings. The van der Waals surface area contributed by atoms with Gasteiger partial charge >= 0.3 is 0 Å². The lowest BCUT2D eigenvalue weighted by Crippen LogP contribution is -2.39. The molecule has 2 fully saturated rings. The van der Waals surface area contributed by atoms with Gasteiger partial charge in [-0.25, -0.2) is 4.98 Å². The molecule has 5 nitrogen and oxygen atoms in total. The van der Waals surface area contributed by atoms with E-state index in [2.05, 4.69) is 44.6 Å². The fourth-order valence-corrected chi connectivity index (χ4v) is 6.04. The van der Waals surface area contributed by atoms with Crippen molar-refractivity contribution in [1.82, 2.24) is 9.88 Å². The predicted octanol–water partition coefficient (Wildman–Crippen LogP) is 5.82. The quantitative estimate of drug-likeness (QED) is 0.623. The number of thiazole rings is 1. The van der Waals surface area contributed by atoms with Gasteiger partial charge in [0.05, 0.1) is 5.01 Å². The van der Waals surface area contributed by atoms with Gasteiger partial charge in [-0.15, -0.1) is 11.3 Å². The van der Waals surface area contributed by atoms with E-state index in [4.69, 9.17) is 0 Å². The Hall–Kier alpha value is -2.47. The Labute approximate surface area is 194 Å². The molecule has 0 bridgehead atoms. The molecule has 2 heterocycles. The number of allylic oxidation sites excluding steroid dienone is 1. The smallest absolute Gasteiger partial charge is 0.275 e. The average molecular weight is 452 g/mol. The zero-order valence-corrected chi connectivity index (χ0v) is 20.5. The van der Waals surface area contributed by atoms with Crippen LogP contribution in [0.5, 0.6) is 0 Å². The van der Waals surface area contributed by atoms with Crippen LogP contribution in [0.1, 0.15) is 74.4 Å². The molecule has 0 atom stereocenters. The molecule has 1 aliphatic carbocycles. The van der Waals surface area contributed by atoms with Gasteiger partial charge in [-0.2, -0.15) is 0 Å². The molecule has 170 valence electrons. The van der Waals surface area contributed by atoms with Crippen LogP contribution < -0.4 is 5.32 Å². The Morgan fingerprint density at radius 1 is 1.12 bits per heavy atom. The zero-order chi connectivity index (χ0) is 23.3. The van der Waals surface area contributed by atoms with Crippen LogP contribution in [-0.4, -0.2) is 34.8 Å². The highest BCUT2D eigenvalue weighted by Crippen LogP contribution is 2.68. The van der Waals surface area contributed by atoms with Crippen molar-refractivity contribution < 1.29 is 9.59 Å². The second-order valence-electron chi connectivity index (χ2n) is 10.3.